The van der Waals surface area contributed by atoms with E-state index in [0.29, 0.717) is 0 Å². The van der Waals surface area contributed by atoms with Crippen molar-refractivity contribution in [3.05, 3.63) is 30.1 Å². The van der Waals surface area contributed by atoms with Gasteiger partial charge in [-0.2, -0.15) is 0 Å². The zero-order valence-electron chi connectivity index (χ0n) is 10.0. The molecule has 92 valence electrons. The molecule has 2 aliphatic heterocycles. The number of benzene rings is 1. The Bertz CT molecular complexity index is 382. The second kappa shape index (κ2) is 4.65. The van der Waals surface area contributed by atoms with E-state index in [1.54, 1.807) is 12.1 Å². The first-order chi connectivity index (χ1) is 8.34. The highest BCUT2D eigenvalue weighted by Gasteiger charge is 2.34. The third kappa shape index (κ3) is 2.16. The van der Waals surface area contributed by atoms with E-state index in [0.717, 1.165) is 43.7 Å². The maximum atomic E-state index is 13.6. The van der Waals surface area contributed by atoms with Crippen LogP contribution < -0.4 is 10.2 Å². The quantitative estimate of drug-likeness (QED) is 0.844. The molecule has 1 N–H and O–H groups in total. The predicted octanol–water partition coefficient (Wildman–Crippen LogP) is 2.26. The molecule has 2 aliphatic rings. The number of nitrogens with zero attached hydrogens (tertiary/aromatic N) is 1. The Morgan fingerprint density at radius 3 is 2.47 bits per heavy atom. The van der Waals surface area contributed by atoms with E-state index in [1.165, 1.54) is 12.8 Å². The van der Waals surface area contributed by atoms with Crippen molar-refractivity contribution < 1.29 is 4.39 Å². The van der Waals surface area contributed by atoms with Crippen LogP contribution in [0.2, 0.25) is 0 Å². The molecule has 3 rings (SSSR count). The molecule has 2 saturated heterocycles. The SMILES string of the molecule is Fc1ccccc1N1CC(C2CCNCC2)C1. The van der Waals surface area contributed by atoms with Gasteiger partial charge in [0.15, 0.2) is 0 Å². The Hall–Kier alpha value is -1.09. The second-order valence-electron chi connectivity index (χ2n) is 5.20. The first-order valence-corrected chi connectivity index (χ1v) is 6.55. The van der Waals surface area contributed by atoms with Gasteiger partial charge in [-0.15, -0.1) is 0 Å². The molecule has 0 amide bonds. The third-order valence-electron chi connectivity index (χ3n) is 4.15. The second-order valence-corrected chi connectivity index (χ2v) is 5.20. The van der Waals surface area contributed by atoms with E-state index in [4.69, 9.17) is 0 Å². The molecule has 1 aromatic carbocycles. The average Bonchev–Trinajstić information content (AvgIpc) is 2.31. The van der Waals surface area contributed by atoms with Crippen molar-refractivity contribution >= 4 is 5.69 Å². The lowest BCUT2D eigenvalue weighted by atomic mass is 9.80. The Labute approximate surface area is 102 Å². The van der Waals surface area contributed by atoms with Gasteiger partial charge in [0.25, 0.3) is 0 Å². The van der Waals surface area contributed by atoms with E-state index in [2.05, 4.69) is 10.2 Å². The molecule has 0 radical (unpaired) electrons. The summed E-state index contributed by atoms with van der Waals surface area (Å²) >= 11 is 0. The Morgan fingerprint density at radius 1 is 1.06 bits per heavy atom. The number of rotatable bonds is 2. The average molecular weight is 234 g/mol. The molecule has 0 aliphatic carbocycles. The van der Waals surface area contributed by atoms with Crippen LogP contribution >= 0.6 is 0 Å². The highest BCUT2D eigenvalue weighted by atomic mass is 19.1. The summed E-state index contributed by atoms with van der Waals surface area (Å²) in [5.41, 5.74) is 0.776. The summed E-state index contributed by atoms with van der Waals surface area (Å²) in [4.78, 5) is 2.17. The summed E-state index contributed by atoms with van der Waals surface area (Å²) in [6.07, 6.45) is 2.57. The van der Waals surface area contributed by atoms with Gasteiger partial charge in [-0.1, -0.05) is 12.1 Å². The van der Waals surface area contributed by atoms with E-state index in [-0.39, 0.29) is 5.82 Å². The molecule has 2 heterocycles. The minimum atomic E-state index is -0.0868. The maximum Gasteiger partial charge on any atom is 0.146 e. The number of halogens is 1. The summed E-state index contributed by atoms with van der Waals surface area (Å²) in [7, 11) is 0. The lowest BCUT2D eigenvalue weighted by Gasteiger charge is -2.46. The molecule has 0 saturated carbocycles. The van der Waals surface area contributed by atoms with E-state index >= 15 is 0 Å². The molecule has 0 atom stereocenters. The van der Waals surface area contributed by atoms with Crippen LogP contribution in [-0.2, 0) is 0 Å². The van der Waals surface area contributed by atoms with Crippen LogP contribution in [0.1, 0.15) is 12.8 Å². The molecule has 2 fully saturated rings. The number of piperidine rings is 1. The zero-order chi connectivity index (χ0) is 11.7. The highest BCUT2D eigenvalue weighted by molar-refractivity contribution is 5.50. The highest BCUT2D eigenvalue weighted by Crippen LogP contribution is 2.34. The fourth-order valence-corrected chi connectivity index (χ4v) is 3.03. The van der Waals surface area contributed by atoms with Gasteiger partial charge in [0.1, 0.15) is 5.82 Å². The third-order valence-corrected chi connectivity index (χ3v) is 4.15. The predicted molar refractivity (Wildman–Crippen MR) is 67.7 cm³/mol. The number of nitrogens with one attached hydrogen (secondary N) is 1. The van der Waals surface area contributed by atoms with Crippen LogP contribution in [0.5, 0.6) is 0 Å². The summed E-state index contributed by atoms with van der Waals surface area (Å²) in [6, 6.07) is 7.10. The normalized spacial score (nSPS) is 22.5. The van der Waals surface area contributed by atoms with Gasteiger partial charge in [0.2, 0.25) is 0 Å². The minimum Gasteiger partial charge on any atom is -0.368 e. The van der Waals surface area contributed by atoms with Gasteiger partial charge in [-0.3, -0.25) is 0 Å². The zero-order valence-corrected chi connectivity index (χ0v) is 10.0. The van der Waals surface area contributed by atoms with E-state index < -0.39 is 0 Å². The Kier molecular flexibility index (Phi) is 3.02. The summed E-state index contributed by atoms with van der Waals surface area (Å²) in [6.45, 7) is 4.37. The standard InChI is InChI=1S/C14H19FN2/c15-13-3-1-2-4-14(13)17-9-12(10-17)11-5-7-16-8-6-11/h1-4,11-12,16H,5-10H2. The smallest absolute Gasteiger partial charge is 0.146 e. The number of para-hydroxylation sites is 1. The first-order valence-electron chi connectivity index (χ1n) is 6.55. The molecule has 0 spiro atoms. The van der Waals surface area contributed by atoms with Crippen molar-refractivity contribution in [2.45, 2.75) is 12.8 Å². The molecule has 0 aromatic heterocycles. The number of hydrogen-bond donors (Lipinski definition) is 1. The van der Waals surface area contributed by atoms with Gasteiger partial charge in [-0.05, 0) is 49.9 Å². The summed E-state index contributed by atoms with van der Waals surface area (Å²) in [5, 5.41) is 3.40. The molecule has 3 heteroatoms. The van der Waals surface area contributed by atoms with Crippen LogP contribution in [0.4, 0.5) is 10.1 Å². The topological polar surface area (TPSA) is 15.3 Å². The van der Waals surface area contributed by atoms with Crippen LogP contribution in [-0.4, -0.2) is 26.2 Å². The molecule has 0 unspecified atom stereocenters. The van der Waals surface area contributed by atoms with E-state index in [1.807, 2.05) is 12.1 Å². The van der Waals surface area contributed by atoms with Crippen molar-refractivity contribution in [2.75, 3.05) is 31.1 Å². The van der Waals surface area contributed by atoms with Crippen molar-refractivity contribution in [1.29, 1.82) is 0 Å². The van der Waals surface area contributed by atoms with E-state index in [9.17, 15) is 4.39 Å². The number of hydrogen-bond acceptors (Lipinski definition) is 2. The van der Waals surface area contributed by atoms with Crippen LogP contribution in [0.3, 0.4) is 0 Å². The molecular weight excluding hydrogens is 215 g/mol. The van der Waals surface area contributed by atoms with Crippen LogP contribution in [0.25, 0.3) is 0 Å². The monoisotopic (exact) mass is 234 g/mol. The van der Waals surface area contributed by atoms with Gasteiger partial charge in [-0.25, -0.2) is 4.39 Å². The first kappa shape index (κ1) is 11.0. The van der Waals surface area contributed by atoms with Gasteiger partial charge in [0.05, 0.1) is 5.69 Å². The maximum absolute atomic E-state index is 13.6. The van der Waals surface area contributed by atoms with Crippen molar-refractivity contribution in [2.24, 2.45) is 11.8 Å². The summed E-state index contributed by atoms with van der Waals surface area (Å²) < 4.78 is 13.6. The van der Waals surface area contributed by atoms with Gasteiger partial charge < -0.3 is 10.2 Å². The Balaban J connectivity index is 1.59. The molecule has 2 nitrogen and oxygen atoms in total. The lowest BCUT2D eigenvalue weighted by molar-refractivity contribution is 0.218. The van der Waals surface area contributed by atoms with Crippen molar-refractivity contribution in [3.63, 3.8) is 0 Å². The molecular formula is C14H19FN2. The van der Waals surface area contributed by atoms with Gasteiger partial charge in [0, 0.05) is 13.1 Å². The van der Waals surface area contributed by atoms with Gasteiger partial charge >= 0.3 is 0 Å². The van der Waals surface area contributed by atoms with Crippen molar-refractivity contribution in [1.82, 2.24) is 5.32 Å². The fraction of sp³-hybridized carbons (Fsp3) is 0.571. The van der Waals surface area contributed by atoms with Crippen LogP contribution in [0, 0.1) is 17.7 Å². The number of anilines is 1. The van der Waals surface area contributed by atoms with Crippen LogP contribution in [0.15, 0.2) is 24.3 Å². The Morgan fingerprint density at radius 2 is 1.76 bits per heavy atom. The minimum absolute atomic E-state index is 0.0868. The summed E-state index contributed by atoms with van der Waals surface area (Å²) in [5.74, 6) is 1.53. The molecule has 0 bridgehead atoms. The molecule has 1 aromatic rings. The lowest BCUT2D eigenvalue weighted by Crippen LogP contribution is -2.52. The fourth-order valence-electron chi connectivity index (χ4n) is 3.03. The van der Waals surface area contributed by atoms with Crippen molar-refractivity contribution in [3.8, 4) is 0 Å². The molecule has 17 heavy (non-hydrogen) atoms. The largest absolute Gasteiger partial charge is 0.368 e.